The highest BCUT2D eigenvalue weighted by Gasteiger charge is 2.40. The number of hydrogen-bond donors (Lipinski definition) is 1. The van der Waals surface area contributed by atoms with Crippen molar-refractivity contribution in [3.63, 3.8) is 0 Å². The van der Waals surface area contributed by atoms with Crippen LogP contribution >= 0.6 is 0 Å². The number of amides is 1. The molecule has 2 N–H and O–H groups in total. The first kappa shape index (κ1) is 15.2. The fourth-order valence-electron chi connectivity index (χ4n) is 2.58. The zero-order valence-corrected chi connectivity index (χ0v) is 12.5. The van der Waals surface area contributed by atoms with Crippen molar-refractivity contribution in [2.24, 2.45) is 0 Å². The van der Waals surface area contributed by atoms with Gasteiger partial charge in [-0.1, -0.05) is 0 Å². The first-order valence-electron chi connectivity index (χ1n) is 6.77. The van der Waals surface area contributed by atoms with Crippen molar-refractivity contribution < 1.29 is 9.72 Å². The summed E-state index contributed by atoms with van der Waals surface area (Å²) in [7, 11) is 1.78. The van der Waals surface area contributed by atoms with Gasteiger partial charge in [0.1, 0.15) is 0 Å². The Hall–Kier alpha value is -2.15. The van der Waals surface area contributed by atoms with Crippen LogP contribution in [0.15, 0.2) is 18.2 Å². The molecule has 1 aromatic carbocycles. The number of rotatable bonds is 3. The van der Waals surface area contributed by atoms with E-state index in [9.17, 15) is 14.9 Å². The Bertz CT molecular complexity index is 586. The van der Waals surface area contributed by atoms with Crippen LogP contribution in [0.25, 0.3) is 0 Å². The molecule has 1 aliphatic rings. The van der Waals surface area contributed by atoms with Gasteiger partial charge in [-0.3, -0.25) is 19.8 Å². The van der Waals surface area contributed by atoms with E-state index in [-0.39, 0.29) is 11.6 Å². The number of likely N-dealkylation sites (N-methyl/N-ethyl adjacent to an activating group) is 1. The molecule has 1 aromatic rings. The second-order valence-electron chi connectivity index (χ2n) is 5.85. The van der Waals surface area contributed by atoms with Gasteiger partial charge in [0.15, 0.2) is 0 Å². The van der Waals surface area contributed by atoms with Gasteiger partial charge in [-0.15, -0.1) is 0 Å². The molecule has 0 atom stereocenters. The van der Waals surface area contributed by atoms with Crippen molar-refractivity contribution in [2.75, 3.05) is 25.9 Å². The summed E-state index contributed by atoms with van der Waals surface area (Å²) in [5.74, 6) is 0.0396. The lowest BCUT2D eigenvalue weighted by Gasteiger charge is -2.44. The number of nitrogens with zero attached hydrogens (tertiary/aromatic N) is 3. The normalized spacial score (nSPS) is 18.8. The molecule has 21 heavy (non-hydrogen) atoms. The zero-order chi connectivity index (χ0) is 15.8. The molecule has 1 amide bonds. The first-order valence-corrected chi connectivity index (χ1v) is 6.77. The monoisotopic (exact) mass is 292 g/mol. The SMILES string of the molecule is CN1CCN(Cc2cc([N+](=O)[O-])ccc2N)C(C)(C)C1=O. The smallest absolute Gasteiger partial charge is 0.269 e. The lowest BCUT2D eigenvalue weighted by atomic mass is 9.96. The summed E-state index contributed by atoms with van der Waals surface area (Å²) in [6.07, 6.45) is 0. The molecule has 1 fully saturated rings. The van der Waals surface area contributed by atoms with Gasteiger partial charge in [0.2, 0.25) is 5.91 Å². The molecule has 0 unspecified atom stereocenters. The molecular formula is C14H20N4O3. The maximum absolute atomic E-state index is 12.3. The number of nitrogen functional groups attached to an aromatic ring is 1. The van der Waals surface area contributed by atoms with Crippen LogP contribution in [0.3, 0.4) is 0 Å². The molecule has 0 spiro atoms. The third-order valence-corrected chi connectivity index (χ3v) is 4.06. The van der Waals surface area contributed by atoms with Crippen molar-refractivity contribution in [3.8, 4) is 0 Å². The fourth-order valence-corrected chi connectivity index (χ4v) is 2.58. The third kappa shape index (κ3) is 2.82. The highest BCUT2D eigenvalue weighted by Crippen LogP contribution is 2.27. The van der Waals surface area contributed by atoms with Crippen LogP contribution in [0, 0.1) is 10.1 Å². The first-order chi connectivity index (χ1) is 9.73. The summed E-state index contributed by atoms with van der Waals surface area (Å²) in [5.41, 5.74) is 6.45. The van der Waals surface area contributed by atoms with E-state index in [0.29, 0.717) is 30.9 Å². The third-order valence-electron chi connectivity index (χ3n) is 4.06. The summed E-state index contributed by atoms with van der Waals surface area (Å²) in [6, 6.07) is 4.41. The van der Waals surface area contributed by atoms with E-state index in [0.717, 1.165) is 0 Å². The number of non-ortho nitro benzene ring substituents is 1. The number of carbonyl (C=O) groups excluding carboxylic acids is 1. The minimum atomic E-state index is -0.649. The highest BCUT2D eigenvalue weighted by molar-refractivity contribution is 5.86. The molecule has 0 saturated carbocycles. The summed E-state index contributed by atoms with van der Waals surface area (Å²) in [4.78, 5) is 26.4. The zero-order valence-electron chi connectivity index (χ0n) is 12.5. The van der Waals surface area contributed by atoms with Crippen LogP contribution in [-0.4, -0.2) is 46.3 Å². The van der Waals surface area contributed by atoms with Crippen molar-refractivity contribution in [1.82, 2.24) is 9.80 Å². The topological polar surface area (TPSA) is 92.7 Å². The average Bonchev–Trinajstić information content (AvgIpc) is 2.41. The molecule has 7 heteroatoms. The van der Waals surface area contributed by atoms with E-state index in [1.54, 1.807) is 18.0 Å². The number of carbonyl (C=O) groups is 1. The quantitative estimate of drug-likeness (QED) is 0.514. The van der Waals surface area contributed by atoms with Gasteiger partial charge in [0, 0.05) is 44.5 Å². The van der Waals surface area contributed by atoms with E-state index in [1.165, 1.54) is 12.1 Å². The second kappa shape index (κ2) is 5.33. The van der Waals surface area contributed by atoms with Crippen LogP contribution in [0.1, 0.15) is 19.4 Å². The lowest BCUT2D eigenvalue weighted by molar-refractivity contribution is -0.384. The fraction of sp³-hybridized carbons (Fsp3) is 0.500. The molecule has 1 aliphatic heterocycles. The van der Waals surface area contributed by atoms with E-state index in [1.807, 2.05) is 18.7 Å². The second-order valence-corrected chi connectivity index (χ2v) is 5.85. The molecule has 0 bridgehead atoms. The van der Waals surface area contributed by atoms with Crippen molar-refractivity contribution >= 4 is 17.3 Å². The molecule has 0 radical (unpaired) electrons. The summed E-state index contributed by atoms with van der Waals surface area (Å²) >= 11 is 0. The van der Waals surface area contributed by atoms with Gasteiger partial charge in [-0.2, -0.15) is 0 Å². The predicted octanol–water partition coefficient (Wildman–Crippen LogP) is 1.23. The van der Waals surface area contributed by atoms with E-state index >= 15 is 0 Å². The van der Waals surface area contributed by atoms with Crippen LogP contribution in [0.4, 0.5) is 11.4 Å². The highest BCUT2D eigenvalue weighted by atomic mass is 16.6. The standard InChI is InChI=1S/C14H20N4O3/c1-14(2)13(19)16(3)6-7-17(14)9-10-8-11(18(20)21)4-5-12(10)15/h4-5,8H,6-7,9,15H2,1-3H3. The Balaban J connectivity index is 2.27. The van der Waals surface area contributed by atoms with Gasteiger partial charge in [-0.25, -0.2) is 0 Å². The molecule has 7 nitrogen and oxygen atoms in total. The minimum Gasteiger partial charge on any atom is -0.398 e. The van der Waals surface area contributed by atoms with E-state index in [2.05, 4.69) is 0 Å². The van der Waals surface area contributed by atoms with Gasteiger partial charge < -0.3 is 10.6 Å². The van der Waals surface area contributed by atoms with E-state index < -0.39 is 10.5 Å². The molecule has 1 heterocycles. The van der Waals surface area contributed by atoms with Crippen LogP contribution in [0.5, 0.6) is 0 Å². The number of nitro benzene ring substituents is 1. The van der Waals surface area contributed by atoms with Crippen molar-refractivity contribution in [2.45, 2.75) is 25.9 Å². The summed E-state index contributed by atoms with van der Waals surface area (Å²) < 4.78 is 0. The molecular weight excluding hydrogens is 272 g/mol. The number of nitrogens with two attached hydrogens (primary N) is 1. The molecule has 0 aliphatic carbocycles. The van der Waals surface area contributed by atoms with Crippen LogP contribution in [-0.2, 0) is 11.3 Å². The van der Waals surface area contributed by atoms with Crippen molar-refractivity contribution in [1.29, 1.82) is 0 Å². The Kier molecular flexibility index (Phi) is 3.87. The van der Waals surface area contributed by atoms with Gasteiger partial charge in [-0.05, 0) is 25.5 Å². The number of benzene rings is 1. The number of piperazine rings is 1. The molecule has 0 aromatic heterocycles. The van der Waals surface area contributed by atoms with Crippen molar-refractivity contribution in [3.05, 3.63) is 33.9 Å². The van der Waals surface area contributed by atoms with Gasteiger partial charge in [0.05, 0.1) is 10.5 Å². The van der Waals surface area contributed by atoms with E-state index in [4.69, 9.17) is 5.73 Å². The van der Waals surface area contributed by atoms with Crippen LogP contribution in [0.2, 0.25) is 0 Å². The predicted molar refractivity (Wildman–Crippen MR) is 79.6 cm³/mol. The Labute approximate surface area is 123 Å². The summed E-state index contributed by atoms with van der Waals surface area (Å²) in [5, 5.41) is 10.9. The maximum atomic E-state index is 12.3. The lowest BCUT2D eigenvalue weighted by Crippen LogP contribution is -2.61. The largest absolute Gasteiger partial charge is 0.398 e. The Morgan fingerprint density at radius 2 is 2.05 bits per heavy atom. The van der Waals surface area contributed by atoms with Gasteiger partial charge in [0.25, 0.3) is 5.69 Å². The Morgan fingerprint density at radius 3 is 2.67 bits per heavy atom. The summed E-state index contributed by atoms with van der Waals surface area (Å²) in [6.45, 7) is 5.48. The van der Waals surface area contributed by atoms with Gasteiger partial charge >= 0.3 is 0 Å². The maximum Gasteiger partial charge on any atom is 0.269 e. The Morgan fingerprint density at radius 1 is 1.38 bits per heavy atom. The molecule has 2 rings (SSSR count). The molecule has 114 valence electrons. The average molecular weight is 292 g/mol. The molecule has 1 saturated heterocycles. The van der Waals surface area contributed by atoms with Crippen LogP contribution < -0.4 is 5.73 Å². The number of nitro groups is 1. The number of hydrogen-bond acceptors (Lipinski definition) is 5. The minimum absolute atomic E-state index is 0.0115. The number of anilines is 1.